The van der Waals surface area contributed by atoms with E-state index in [0.717, 1.165) is 10.0 Å². The molecular weight excluding hydrogens is 482 g/mol. The molecule has 0 aromatic heterocycles. The van der Waals surface area contributed by atoms with Crippen LogP contribution in [0.2, 0.25) is 5.02 Å². The van der Waals surface area contributed by atoms with Crippen LogP contribution in [0.3, 0.4) is 0 Å². The Bertz CT molecular complexity index is 1160. The molecular formula is C23H17BrClN3O3. The molecule has 0 aliphatic rings. The Morgan fingerprint density at radius 3 is 2.61 bits per heavy atom. The van der Waals surface area contributed by atoms with Gasteiger partial charge in [-0.25, -0.2) is 5.43 Å². The first kappa shape index (κ1) is 22.3. The van der Waals surface area contributed by atoms with Crippen LogP contribution in [0.5, 0.6) is 11.5 Å². The maximum Gasteiger partial charge on any atom is 0.275 e. The molecule has 1 amide bonds. The molecule has 3 rings (SSSR count). The topological polar surface area (TPSA) is 83.7 Å². The second-order valence-electron chi connectivity index (χ2n) is 6.32. The molecule has 0 fully saturated rings. The number of hydrogen-bond donors (Lipinski definition) is 1. The van der Waals surface area contributed by atoms with Gasteiger partial charge < -0.3 is 9.47 Å². The molecule has 0 aliphatic carbocycles. The van der Waals surface area contributed by atoms with Crippen LogP contribution in [0.25, 0.3) is 0 Å². The van der Waals surface area contributed by atoms with Crippen molar-refractivity contribution in [1.82, 2.24) is 5.43 Å². The molecule has 31 heavy (non-hydrogen) atoms. The summed E-state index contributed by atoms with van der Waals surface area (Å²) >= 11 is 9.44. The van der Waals surface area contributed by atoms with Crippen LogP contribution in [0.4, 0.5) is 0 Å². The summed E-state index contributed by atoms with van der Waals surface area (Å²) in [6.07, 6.45) is 1.46. The van der Waals surface area contributed by atoms with Crippen molar-refractivity contribution in [2.75, 3.05) is 7.11 Å². The summed E-state index contributed by atoms with van der Waals surface area (Å²) < 4.78 is 11.8. The van der Waals surface area contributed by atoms with E-state index in [1.165, 1.54) is 13.3 Å². The van der Waals surface area contributed by atoms with Crippen molar-refractivity contribution in [1.29, 1.82) is 5.26 Å². The zero-order chi connectivity index (χ0) is 22.2. The van der Waals surface area contributed by atoms with Gasteiger partial charge in [-0.05, 0) is 54.1 Å². The number of nitrogens with zero attached hydrogens (tertiary/aromatic N) is 2. The first-order chi connectivity index (χ1) is 15.0. The monoisotopic (exact) mass is 497 g/mol. The van der Waals surface area contributed by atoms with Gasteiger partial charge in [0, 0.05) is 15.1 Å². The number of hydrazone groups is 1. The van der Waals surface area contributed by atoms with Crippen LogP contribution < -0.4 is 14.9 Å². The van der Waals surface area contributed by atoms with Gasteiger partial charge in [0.2, 0.25) is 0 Å². The minimum Gasteiger partial charge on any atom is -0.496 e. The molecule has 3 aromatic carbocycles. The highest BCUT2D eigenvalue weighted by Crippen LogP contribution is 2.24. The van der Waals surface area contributed by atoms with E-state index in [2.05, 4.69) is 32.5 Å². The summed E-state index contributed by atoms with van der Waals surface area (Å²) in [5.74, 6) is 0.563. The first-order valence-corrected chi connectivity index (χ1v) is 10.3. The van der Waals surface area contributed by atoms with Gasteiger partial charge >= 0.3 is 0 Å². The molecule has 6 nitrogen and oxygen atoms in total. The number of ether oxygens (including phenoxy) is 2. The zero-order valence-corrected chi connectivity index (χ0v) is 18.8. The van der Waals surface area contributed by atoms with Gasteiger partial charge in [0.05, 0.1) is 30.5 Å². The number of carbonyl (C=O) groups excluding carboxylic acids is 1. The molecule has 0 spiro atoms. The number of benzene rings is 3. The maximum atomic E-state index is 12.5. The van der Waals surface area contributed by atoms with E-state index >= 15 is 0 Å². The summed E-state index contributed by atoms with van der Waals surface area (Å²) in [6, 6.07) is 19.4. The van der Waals surface area contributed by atoms with Crippen molar-refractivity contribution in [2.24, 2.45) is 5.10 Å². The number of halogens is 2. The standard InChI is InChI=1S/C23H17BrClN3O3/c1-30-22-8-6-18(24)11-20(22)23(29)28-27-13-17-10-19(25)7-9-21(17)31-14-16-4-2-15(12-26)3-5-16/h2-11,13H,14H2,1H3,(H,28,29)/b27-13-. The van der Waals surface area contributed by atoms with E-state index in [0.29, 0.717) is 39.8 Å². The van der Waals surface area contributed by atoms with Crippen molar-refractivity contribution in [3.8, 4) is 17.6 Å². The molecule has 1 N–H and O–H groups in total. The van der Waals surface area contributed by atoms with Gasteiger partial charge in [0.25, 0.3) is 5.91 Å². The summed E-state index contributed by atoms with van der Waals surface area (Å²) in [6.45, 7) is 0.301. The van der Waals surface area contributed by atoms with E-state index in [1.54, 1.807) is 48.5 Å². The van der Waals surface area contributed by atoms with Crippen molar-refractivity contribution in [2.45, 2.75) is 6.61 Å². The molecule has 0 unspecified atom stereocenters. The quantitative estimate of drug-likeness (QED) is 0.353. The Labute approximate surface area is 193 Å². The average molecular weight is 499 g/mol. The number of nitrogens with one attached hydrogen (secondary N) is 1. The highest BCUT2D eigenvalue weighted by molar-refractivity contribution is 9.10. The second kappa shape index (κ2) is 10.6. The molecule has 8 heteroatoms. The van der Waals surface area contributed by atoms with E-state index < -0.39 is 5.91 Å². The number of nitriles is 1. The fourth-order valence-electron chi connectivity index (χ4n) is 2.67. The van der Waals surface area contributed by atoms with Gasteiger partial charge in [-0.3, -0.25) is 4.79 Å². The molecule has 0 saturated carbocycles. The summed E-state index contributed by atoms with van der Waals surface area (Å²) in [5, 5.41) is 13.4. The Hall–Kier alpha value is -3.34. The number of rotatable bonds is 7. The lowest BCUT2D eigenvalue weighted by Crippen LogP contribution is -2.18. The van der Waals surface area contributed by atoms with Gasteiger partial charge in [-0.2, -0.15) is 10.4 Å². The lowest BCUT2D eigenvalue weighted by Gasteiger charge is -2.10. The fraction of sp³-hybridized carbons (Fsp3) is 0.0870. The normalized spacial score (nSPS) is 10.5. The van der Waals surface area contributed by atoms with Crippen LogP contribution in [0, 0.1) is 11.3 Å². The molecule has 3 aromatic rings. The van der Waals surface area contributed by atoms with Crippen molar-refractivity contribution in [3.05, 3.63) is 92.4 Å². The lowest BCUT2D eigenvalue weighted by atomic mass is 10.1. The maximum absolute atomic E-state index is 12.5. The fourth-order valence-corrected chi connectivity index (χ4v) is 3.21. The Morgan fingerprint density at radius 2 is 1.90 bits per heavy atom. The van der Waals surface area contributed by atoms with Crippen molar-refractivity contribution >= 4 is 39.7 Å². The molecule has 0 atom stereocenters. The largest absolute Gasteiger partial charge is 0.496 e. The molecule has 0 heterocycles. The number of methoxy groups -OCH3 is 1. The minimum atomic E-state index is -0.420. The van der Waals surface area contributed by atoms with Gasteiger partial charge in [0.15, 0.2) is 0 Å². The van der Waals surface area contributed by atoms with Gasteiger partial charge in [-0.1, -0.05) is 39.7 Å². The third-order valence-corrected chi connectivity index (χ3v) is 4.95. The van der Waals surface area contributed by atoms with Crippen molar-refractivity contribution < 1.29 is 14.3 Å². The van der Waals surface area contributed by atoms with Crippen LogP contribution in [-0.4, -0.2) is 19.2 Å². The van der Waals surface area contributed by atoms with E-state index in [9.17, 15) is 4.79 Å². The average Bonchev–Trinajstić information content (AvgIpc) is 2.78. The van der Waals surface area contributed by atoms with E-state index in [-0.39, 0.29) is 0 Å². The number of carbonyl (C=O) groups is 1. The van der Waals surface area contributed by atoms with Crippen LogP contribution in [-0.2, 0) is 6.61 Å². The predicted molar refractivity (Wildman–Crippen MR) is 123 cm³/mol. The van der Waals surface area contributed by atoms with Crippen LogP contribution in [0.1, 0.15) is 27.0 Å². The Balaban J connectivity index is 1.71. The predicted octanol–water partition coefficient (Wildman–Crippen LogP) is 5.33. The summed E-state index contributed by atoms with van der Waals surface area (Å²) in [7, 11) is 1.49. The Morgan fingerprint density at radius 1 is 1.16 bits per heavy atom. The lowest BCUT2D eigenvalue weighted by molar-refractivity contribution is 0.0952. The second-order valence-corrected chi connectivity index (χ2v) is 7.68. The molecule has 0 radical (unpaired) electrons. The number of amides is 1. The molecule has 156 valence electrons. The summed E-state index contributed by atoms with van der Waals surface area (Å²) in [4.78, 5) is 12.5. The Kier molecular flexibility index (Phi) is 7.65. The number of hydrogen-bond acceptors (Lipinski definition) is 5. The molecule has 0 bridgehead atoms. The summed E-state index contributed by atoms with van der Waals surface area (Å²) in [5.41, 5.74) is 4.92. The zero-order valence-electron chi connectivity index (χ0n) is 16.4. The van der Waals surface area contributed by atoms with Crippen LogP contribution in [0.15, 0.2) is 70.2 Å². The van der Waals surface area contributed by atoms with E-state index in [4.69, 9.17) is 26.3 Å². The minimum absolute atomic E-state index is 0.301. The first-order valence-electron chi connectivity index (χ1n) is 9.08. The molecule has 0 aliphatic heterocycles. The van der Waals surface area contributed by atoms with Crippen molar-refractivity contribution in [3.63, 3.8) is 0 Å². The SMILES string of the molecule is COc1ccc(Br)cc1C(=O)N/N=C\c1cc(Cl)ccc1OCc1ccc(C#N)cc1. The molecule has 0 saturated heterocycles. The third-order valence-electron chi connectivity index (χ3n) is 4.23. The third kappa shape index (κ3) is 6.07. The van der Waals surface area contributed by atoms with E-state index in [1.807, 2.05) is 12.1 Å². The van der Waals surface area contributed by atoms with Gasteiger partial charge in [-0.15, -0.1) is 0 Å². The van der Waals surface area contributed by atoms with Gasteiger partial charge in [0.1, 0.15) is 18.1 Å². The highest BCUT2D eigenvalue weighted by atomic mass is 79.9. The van der Waals surface area contributed by atoms with Crippen LogP contribution >= 0.6 is 27.5 Å². The highest BCUT2D eigenvalue weighted by Gasteiger charge is 2.12. The smallest absolute Gasteiger partial charge is 0.275 e.